The molecule has 0 radical (unpaired) electrons. The third kappa shape index (κ3) is 3.68. The largest absolute Gasteiger partial charge is 0.456 e. The van der Waals surface area contributed by atoms with Crippen molar-refractivity contribution in [2.75, 3.05) is 4.90 Å². The van der Waals surface area contributed by atoms with Crippen LogP contribution in [0.1, 0.15) is 0 Å². The van der Waals surface area contributed by atoms with Gasteiger partial charge in [0.05, 0.1) is 11.1 Å². The molecule has 0 bridgehead atoms. The molecule has 0 unspecified atom stereocenters. The quantitative estimate of drug-likeness (QED) is 0.218. The van der Waals surface area contributed by atoms with E-state index in [9.17, 15) is 0 Å². The SMILES string of the molecule is c1ccc(-c2cc3oc4cccc(N(c5ccccc5)c5ccc6c(c5)oc5ccccc56)c4c3c3ccccc23)cc1. The van der Waals surface area contributed by atoms with Gasteiger partial charge in [0.15, 0.2) is 0 Å². The first-order chi connectivity index (χ1) is 21.3. The fourth-order valence-corrected chi connectivity index (χ4v) is 6.56. The summed E-state index contributed by atoms with van der Waals surface area (Å²) in [6.07, 6.45) is 0. The van der Waals surface area contributed by atoms with Crippen LogP contribution in [0.3, 0.4) is 0 Å². The molecule has 0 fully saturated rings. The van der Waals surface area contributed by atoms with Crippen molar-refractivity contribution in [3.63, 3.8) is 0 Å². The molecule has 9 aromatic rings. The molecule has 7 aromatic carbocycles. The molecule has 43 heavy (non-hydrogen) atoms. The lowest BCUT2D eigenvalue weighted by atomic mass is 9.94. The summed E-state index contributed by atoms with van der Waals surface area (Å²) in [6, 6.07) is 52.9. The van der Waals surface area contributed by atoms with E-state index in [1.54, 1.807) is 0 Å². The van der Waals surface area contributed by atoms with Gasteiger partial charge in [-0.2, -0.15) is 0 Å². The number of para-hydroxylation sites is 2. The fraction of sp³-hybridized carbons (Fsp3) is 0. The Morgan fingerprint density at radius 2 is 1.02 bits per heavy atom. The molecule has 0 aliphatic heterocycles. The van der Waals surface area contributed by atoms with Crippen molar-refractivity contribution in [3.8, 4) is 11.1 Å². The van der Waals surface area contributed by atoms with Gasteiger partial charge >= 0.3 is 0 Å². The molecule has 0 atom stereocenters. The van der Waals surface area contributed by atoms with Gasteiger partial charge in [-0.1, -0.05) is 97.1 Å². The lowest BCUT2D eigenvalue weighted by molar-refractivity contribution is 0.669. The van der Waals surface area contributed by atoms with Gasteiger partial charge < -0.3 is 13.7 Å². The first kappa shape index (κ1) is 23.9. The van der Waals surface area contributed by atoms with Gasteiger partial charge in [-0.15, -0.1) is 0 Å². The second kappa shape index (κ2) is 9.37. The summed E-state index contributed by atoms with van der Waals surface area (Å²) in [4.78, 5) is 2.31. The van der Waals surface area contributed by atoms with Crippen molar-refractivity contribution in [1.82, 2.24) is 0 Å². The predicted octanol–water partition coefficient (Wildman–Crippen LogP) is 11.8. The number of nitrogens with zero attached hydrogens (tertiary/aromatic N) is 1. The predicted molar refractivity (Wildman–Crippen MR) is 179 cm³/mol. The van der Waals surface area contributed by atoms with Gasteiger partial charge in [0.25, 0.3) is 0 Å². The molecule has 202 valence electrons. The smallest absolute Gasteiger partial charge is 0.137 e. The number of rotatable bonds is 4. The molecule has 0 spiro atoms. The van der Waals surface area contributed by atoms with E-state index in [0.29, 0.717) is 0 Å². The maximum atomic E-state index is 6.65. The molecule has 0 aliphatic carbocycles. The molecule has 2 heterocycles. The molecule has 3 nitrogen and oxygen atoms in total. The second-order valence-electron chi connectivity index (χ2n) is 10.9. The molecular formula is C40H25NO2. The third-order valence-electron chi connectivity index (χ3n) is 8.44. The minimum Gasteiger partial charge on any atom is -0.456 e. The van der Waals surface area contributed by atoms with E-state index in [2.05, 4.69) is 144 Å². The summed E-state index contributed by atoms with van der Waals surface area (Å²) in [6.45, 7) is 0. The monoisotopic (exact) mass is 551 g/mol. The number of furan rings is 2. The van der Waals surface area contributed by atoms with Crippen LogP contribution < -0.4 is 4.90 Å². The number of hydrogen-bond acceptors (Lipinski definition) is 3. The summed E-state index contributed by atoms with van der Waals surface area (Å²) in [7, 11) is 0. The number of hydrogen-bond donors (Lipinski definition) is 0. The van der Waals surface area contributed by atoms with Crippen molar-refractivity contribution >= 4 is 71.7 Å². The topological polar surface area (TPSA) is 29.5 Å². The van der Waals surface area contributed by atoms with E-state index in [4.69, 9.17) is 8.83 Å². The zero-order valence-corrected chi connectivity index (χ0v) is 23.2. The summed E-state index contributed by atoms with van der Waals surface area (Å²) < 4.78 is 13.0. The van der Waals surface area contributed by atoms with E-state index in [1.165, 1.54) is 21.9 Å². The number of benzene rings is 7. The van der Waals surface area contributed by atoms with Gasteiger partial charge in [-0.25, -0.2) is 0 Å². The first-order valence-corrected chi connectivity index (χ1v) is 14.5. The van der Waals surface area contributed by atoms with Crippen LogP contribution in [0.2, 0.25) is 0 Å². The minimum absolute atomic E-state index is 0.855. The van der Waals surface area contributed by atoms with Crippen molar-refractivity contribution in [1.29, 1.82) is 0 Å². The molecule has 0 aliphatic rings. The molecule has 0 saturated heterocycles. The van der Waals surface area contributed by atoms with Crippen LogP contribution in [-0.2, 0) is 0 Å². The van der Waals surface area contributed by atoms with Crippen molar-refractivity contribution < 1.29 is 8.83 Å². The van der Waals surface area contributed by atoms with Crippen LogP contribution in [0.4, 0.5) is 17.1 Å². The van der Waals surface area contributed by atoms with Gasteiger partial charge in [0, 0.05) is 33.6 Å². The van der Waals surface area contributed by atoms with Gasteiger partial charge in [-0.3, -0.25) is 0 Å². The normalized spacial score (nSPS) is 11.7. The molecule has 0 amide bonds. The Labute approximate surface area is 247 Å². The average Bonchev–Trinajstić information content (AvgIpc) is 3.64. The van der Waals surface area contributed by atoms with Gasteiger partial charge in [0.2, 0.25) is 0 Å². The summed E-state index contributed by atoms with van der Waals surface area (Å²) >= 11 is 0. The minimum atomic E-state index is 0.855. The van der Waals surface area contributed by atoms with E-state index in [-0.39, 0.29) is 0 Å². The highest BCUT2D eigenvalue weighted by molar-refractivity contribution is 6.25. The zero-order valence-electron chi connectivity index (χ0n) is 23.2. The summed E-state index contributed by atoms with van der Waals surface area (Å²) in [5, 5.41) is 6.81. The number of anilines is 3. The highest BCUT2D eigenvalue weighted by Crippen LogP contribution is 2.47. The van der Waals surface area contributed by atoms with Gasteiger partial charge in [-0.05, 0) is 70.4 Å². The number of fused-ring (bicyclic) bond motifs is 8. The Morgan fingerprint density at radius 1 is 0.372 bits per heavy atom. The Hall–Kier alpha value is -5.80. The van der Waals surface area contributed by atoms with Crippen LogP contribution in [0.25, 0.3) is 65.8 Å². The highest BCUT2D eigenvalue weighted by Gasteiger charge is 2.22. The standard InChI is InChI=1S/C40H25NO2/c1-3-12-26(13-4-1)33-25-38-39(32-18-8-7-16-29(32)33)40-34(19-11-21-36(40)43-38)41(27-14-5-2-6-15-27)28-22-23-31-30-17-9-10-20-35(30)42-37(31)24-28/h1-25H. The highest BCUT2D eigenvalue weighted by atomic mass is 16.3. The first-order valence-electron chi connectivity index (χ1n) is 14.5. The van der Waals surface area contributed by atoms with Crippen LogP contribution in [0, 0.1) is 0 Å². The fourth-order valence-electron chi connectivity index (χ4n) is 6.56. The van der Waals surface area contributed by atoms with Crippen LogP contribution in [-0.4, -0.2) is 0 Å². The average molecular weight is 552 g/mol. The summed E-state index contributed by atoms with van der Waals surface area (Å²) in [5.74, 6) is 0. The molecule has 2 aromatic heterocycles. The Kier molecular flexibility index (Phi) is 5.20. The van der Waals surface area contributed by atoms with Crippen LogP contribution in [0.15, 0.2) is 160 Å². The van der Waals surface area contributed by atoms with E-state index < -0.39 is 0 Å². The van der Waals surface area contributed by atoms with Crippen molar-refractivity contribution in [2.24, 2.45) is 0 Å². The zero-order chi connectivity index (χ0) is 28.3. The lowest BCUT2D eigenvalue weighted by Gasteiger charge is -2.26. The Morgan fingerprint density at radius 3 is 1.86 bits per heavy atom. The molecule has 9 rings (SSSR count). The summed E-state index contributed by atoms with van der Waals surface area (Å²) in [5.41, 5.74) is 8.96. The van der Waals surface area contributed by atoms with E-state index >= 15 is 0 Å². The van der Waals surface area contributed by atoms with Crippen molar-refractivity contribution in [3.05, 3.63) is 152 Å². The van der Waals surface area contributed by atoms with E-state index in [0.717, 1.165) is 60.9 Å². The van der Waals surface area contributed by atoms with Crippen molar-refractivity contribution in [2.45, 2.75) is 0 Å². The Bertz CT molecular complexity index is 2450. The molecule has 0 N–H and O–H groups in total. The lowest BCUT2D eigenvalue weighted by Crippen LogP contribution is -2.10. The van der Waals surface area contributed by atoms with E-state index in [1.807, 2.05) is 12.1 Å². The maximum Gasteiger partial charge on any atom is 0.137 e. The molecule has 3 heteroatoms. The molecular weight excluding hydrogens is 526 g/mol. The third-order valence-corrected chi connectivity index (χ3v) is 8.44. The second-order valence-corrected chi connectivity index (χ2v) is 10.9. The van der Waals surface area contributed by atoms with Gasteiger partial charge in [0.1, 0.15) is 22.3 Å². The van der Waals surface area contributed by atoms with Crippen LogP contribution >= 0.6 is 0 Å². The van der Waals surface area contributed by atoms with Crippen LogP contribution in [0.5, 0.6) is 0 Å². The molecule has 0 saturated carbocycles. The Balaban J connectivity index is 1.35. The maximum absolute atomic E-state index is 6.65.